The third-order valence-corrected chi connectivity index (χ3v) is 1.81. The summed E-state index contributed by atoms with van der Waals surface area (Å²) in [6.07, 6.45) is 3.35. The lowest BCUT2D eigenvalue weighted by Gasteiger charge is -1.90. The van der Waals surface area contributed by atoms with E-state index in [4.69, 9.17) is 17.3 Å². The van der Waals surface area contributed by atoms with Crippen molar-refractivity contribution in [2.24, 2.45) is 5.73 Å². The zero-order valence-electron chi connectivity index (χ0n) is 7.80. The first-order valence-corrected chi connectivity index (χ1v) is 4.41. The highest BCUT2D eigenvalue weighted by atomic mass is 35.5. The molecule has 0 bridgehead atoms. The highest BCUT2D eigenvalue weighted by Crippen LogP contribution is 2.17. The molecule has 74 valence electrons. The zero-order valence-corrected chi connectivity index (χ0v) is 8.56. The standard InChI is InChI=1S/C10H11ClN2O/c1-3-8-7(4-6(2)11)5-9(13-8)10(12)14/h3-5,13H,1H2,2H3,(H2,12,14)/b6-4+. The maximum absolute atomic E-state index is 10.9. The van der Waals surface area contributed by atoms with E-state index in [1.165, 1.54) is 0 Å². The molecule has 1 rings (SSSR count). The van der Waals surface area contributed by atoms with E-state index in [9.17, 15) is 4.79 Å². The molecule has 1 aromatic heterocycles. The first-order valence-electron chi connectivity index (χ1n) is 4.03. The van der Waals surface area contributed by atoms with E-state index in [0.717, 1.165) is 11.3 Å². The molecule has 1 heterocycles. The lowest BCUT2D eigenvalue weighted by molar-refractivity contribution is 0.0996. The van der Waals surface area contributed by atoms with Gasteiger partial charge in [-0.1, -0.05) is 18.2 Å². The number of hydrogen-bond acceptors (Lipinski definition) is 1. The van der Waals surface area contributed by atoms with Crippen molar-refractivity contribution in [3.63, 3.8) is 0 Å². The Morgan fingerprint density at radius 3 is 2.79 bits per heavy atom. The van der Waals surface area contributed by atoms with Gasteiger partial charge < -0.3 is 10.7 Å². The van der Waals surface area contributed by atoms with Crippen molar-refractivity contribution in [2.45, 2.75) is 6.92 Å². The van der Waals surface area contributed by atoms with Gasteiger partial charge in [-0.3, -0.25) is 4.79 Å². The van der Waals surface area contributed by atoms with E-state index in [2.05, 4.69) is 11.6 Å². The van der Waals surface area contributed by atoms with Crippen molar-refractivity contribution < 1.29 is 4.79 Å². The van der Waals surface area contributed by atoms with Gasteiger partial charge in [0.05, 0.1) is 0 Å². The molecule has 1 aromatic rings. The number of amides is 1. The van der Waals surface area contributed by atoms with Crippen LogP contribution in [0.25, 0.3) is 12.2 Å². The maximum Gasteiger partial charge on any atom is 0.265 e. The van der Waals surface area contributed by atoms with E-state index in [0.29, 0.717) is 10.7 Å². The van der Waals surface area contributed by atoms with Crippen LogP contribution in [0.5, 0.6) is 0 Å². The number of aromatic nitrogens is 1. The Bertz CT molecular complexity index is 400. The third-order valence-electron chi connectivity index (χ3n) is 1.70. The Labute approximate surface area is 87.3 Å². The lowest BCUT2D eigenvalue weighted by Crippen LogP contribution is -2.10. The van der Waals surface area contributed by atoms with Crippen LogP contribution in [0.2, 0.25) is 0 Å². The second-order valence-electron chi connectivity index (χ2n) is 2.85. The smallest absolute Gasteiger partial charge is 0.265 e. The minimum atomic E-state index is -0.500. The number of allylic oxidation sites excluding steroid dienone is 1. The number of carbonyl (C=O) groups excluding carboxylic acids is 1. The van der Waals surface area contributed by atoms with Crippen molar-refractivity contribution in [3.8, 4) is 0 Å². The minimum Gasteiger partial charge on any atom is -0.364 e. The van der Waals surface area contributed by atoms with E-state index < -0.39 is 5.91 Å². The van der Waals surface area contributed by atoms with E-state index in [1.807, 2.05) is 0 Å². The van der Waals surface area contributed by atoms with Crippen LogP contribution in [0.1, 0.15) is 28.7 Å². The van der Waals surface area contributed by atoms with Crippen LogP contribution in [0.4, 0.5) is 0 Å². The van der Waals surface area contributed by atoms with E-state index >= 15 is 0 Å². The third kappa shape index (κ3) is 2.26. The number of halogens is 1. The lowest BCUT2D eigenvalue weighted by atomic mass is 10.2. The molecule has 3 N–H and O–H groups in total. The van der Waals surface area contributed by atoms with Crippen LogP contribution in [-0.4, -0.2) is 10.9 Å². The monoisotopic (exact) mass is 210 g/mol. The normalized spacial score (nSPS) is 11.4. The van der Waals surface area contributed by atoms with Crippen molar-refractivity contribution in [2.75, 3.05) is 0 Å². The number of rotatable bonds is 3. The van der Waals surface area contributed by atoms with Crippen LogP contribution in [0, 0.1) is 0 Å². The molecule has 1 amide bonds. The summed E-state index contributed by atoms with van der Waals surface area (Å²) in [6, 6.07) is 1.64. The summed E-state index contributed by atoms with van der Waals surface area (Å²) >= 11 is 5.73. The number of H-pyrrole nitrogens is 1. The number of aromatic amines is 1. The molecule has 14 heavy (non-hydrogen) atoms. The van der Waals surface area contributed by atoms with Gasteiger partial charge in [-0.2, -0.15) is 0 Å². The molecule has 0 aliphatic heterocycles. The number of nitrogens with one attached hydrogen (secondary N) is 1. The van der Waals surface area contributed by atoms with Crippen LogP contribution in [0.3, 0.4) is 0 Å². The van der Waals surface area contributed by atoms with Gasteiger partial charge in [0.25, 0.3) is 5.91 Å². The molecule has 0 fully saturated rings. The summed E-state index contributed by atoms with van der Waals surface area (Å²) in [4.78, 5) is 13.7. The predicted octanol–water partition coefficient (Wildman–Crippen LogP) is 2.36. The molecule has 0 saturated heterocycles. The van der Waals surface area contributed by atoms with Gasteiger partial charge in [-0.05, 0) is 25.1 Å². The second kappa shape index (κ2) is 4.15. The highest BCUT2D eigenvalue weighted by Gasteiger charge is 2.07. The largest absolute Gasteiger partial charge is 0.364 e. The number of hydrogen-bond donors (Lipinski definition) is 2. The SMILES string of the molecule is C=Cc1[nH]c(C(N)=O)cc1/C=C(\C)Cl. The molecule has 0 aromatic carbocycles. The van der Waals surface area contributed by atoms with Gasteiger partial charge in [0.2, 0.25) is 0 Å². The average Bonchev–Trinajstić information content (AvgIpc) is 2.46. The quantitative estimate of drug-likeness (QED) is 0.791. The molecule has 3 nitrogen and oxygen atoms in total. The summed E-state index contributed by atoms with van der Waals surface area (Å²) in [5, 5.41) is 0.628. The van der Waals surface area contributed by atoms with Gasteiger partial charge in [-0.15, -0.1) is 0 Å². The Hall–Kier alpha value is -1.48. The molecule has 0 spiro atoms. The molecule has 4 heteroatoms. The van der Waals surface area contributed by atoms with Gasteiger partial charge in [0, 0.05) is 16.3 Å². The first kappa shape index (κ1) is 10.6. The fourth-order valence-electron chi connectivity index (χ4n) is 1.12. The summed E-state index contributed by atoms with van der Waals surface area (Å²) < 4.78 is 0. The first-order chi connectivity index (χ1) is 6.54. The number of carbonyl (C=O) groups is 1. The summed E-state index contributed by atoms with van der Waals surface area (Å²) in [6.45, 7) is 5.37. The van der Waals surface area contributed by atoms with Crippen molar-refractivity contribution in [1.29, 1.82) is 0 Å². The van der Waals surface area contributed by atoms with Gasteiger partial charge in [0.15, 0.2) is 0 Å². The van der Waals surface area contributed by atoms with Crippen LogP contribution < -0.4 is 5.73 Å². The highest BCUT2D eigenvalue weighted by molar-refractivity contribution is 6.31. The molecule has 0 saturated carbocycles. The van der Waals surface area contributed by atoms with Gasteiger partial charge in [0.1, 0.15) is 5.69 Å². The van der Waals surface area contributed by atoms with Gasteiger partial charge >= 0.3 is 0 Å². The van der Waals surface area contributed by atoms with Crippen molar-refractivity contribution in [3.05, 3.63) is 34.6 Å². The molecule has 0 aliphatic carbocycles. The zero-order chi connectivity index (χ0) is 10.7. The maximum atomic E-state index is 10.9. The summed E-state index contributed by atoms with van der Waals surface area (Å²) in [5.41, 5.74) is 7.02. The summed E-state index contributed by atoms with van der Waals surface area (Å²) in [5.74, 6) is -0.500. The molecular formula is C10H11ClN2O. The topological polar surface area (TPSA) is 58.9 Å². The van der Waals surface area contributed by atoms with Crippen LogP contribution in [0.15, 0.2) is 17.7 Å². The average molecular weight is 211 g/mol. The number of primary amides is 1. The molecule has 0 atom stereocenters. The Morgan fingerprint density at radius 1 is 1.71 bits per heavy atom. The van der Waals surface area contributed by atoms with E-state index in [-0.39, 0.29) is 0 Å². The Kier molecular flexibility index (Phi) is 3.14. The van der Waals surface area contributed by atoms with Crippen molar-refractivity contribution >= 4 is 29.7 Å². The molecular weight excluding hydrogens is 200 g/mol. The molecule has 0 radical (unpaired) electrons. The second-order valence-corrected chi connectivity index (χ2v) is 3.45. The van der Waals surface area contributed by atoms with E-state index in [1.54, 1.807) is 25.1 Å². The minimum absolute atomic E-state index is 0.351. The Balaban J connectivity index is 3.22. The molecule has 0 unspecified atom stereocenters. The van der Waals surface area contributed by atoms with Crippen LogP contribution in [-0.2, 0) is 0 Å². The Morgan fingerprint density at radius 2 is 2.36 bits per heavy atom. The fraction of sp³-hybridized carbons (Fsp3) is 0.100. The number of nitrogens with two attached hydrogens (primary N) is 1. The van der Waals surface area contributed by atoms with Crippen LogP contribution >= 0.6 is 11.6 Å². The van der Waals surface area contributed by atoms with Gasteiger partial charge in [-0.25, -0.2) is 0 Å². The van der Waals surface area contributed by atoms with Crippen molar-refractivity contribution in [1.82, 2.24) is 4.98 Å². The predicted molar refractivity (Wildman–Crippen MR) is 58.9 cm³/mol. The summed E-state index contributed by atoms with van der Waals surface area (Å²) in [7, 11) is 0. The fourth-order valence-corrected chi connectivity index (χ4v) is 1.24. The molecule has 0 aliphatic rings.